The predicted octanol–water partition coefficient (Wildman–Crippen LogP) is 3.90. The number of thiocarbonyl (C=S) groups is 1. The van der Waals surface area contributed by atoms with Gasteiger partial charge in [-0.25, -0.2) is 0 Å². The van der Waals surface area contributed by atoms with Crippen molar-refractivity contribution in [2.45, 2.75) is 51.5 Å². The molecule has 1 atom stereocenters. The standard InChI is InChI=1S/C20H26N2OS/c1-13(20-10-14-7-15(11-20)9-16(8-14)12-20)21-19(24)22-18(23)17-5-3-2-4-6-17/h2-6,13-16H,7-12H2,1H3,(H2,21,22,23,24)/t13-,14?,15?,16?,20?/m0/s1. The quantitative estimate of drug-likeness (QED) is 0.819. The van der Waals surface area contributed by atoms with Crippen LogP contribution >= 0.6 is 12.2 Å². The lowest BCUT2D eigenvalue weighted by Gasteiger charge is -2.59. The van der Waals surface area contributed by atoms with Gasteiger partial charge in [0.2, 0.25) is 0 Å². The number of carbonyl (C=O) groups excluding carboxylic acids is 1. The molecular formula is C20H26N2OS. The van der Waals surface area contributed by atoms with Gasteiger partial charge in [-0.05, 0) is 93.0 Å². The first-order chi connectivity index (χ1) is 11.5. The van der Waals surface area contributed by atoms with Gasteiger partial charge < -0.3 is 5.32 Å². The van der Waals surface area contributed by atoms with Crippen LogP contribution in [0.5, 0.6) is 0 Å². The second-order valence-corrected chi connectivity index (χ2v) is 8.70. The molecule has 4 aliphatic rings. The summed E-state index contributed by atoms with van der Waals surface area (Å²) in [5.74, 6) is 2.64. The van der Waals surface area contributed by atoms with Gasteiger partial charge in [-0.15, -0.1) is 0 Å². The summed E-state index contributed by atoms with van der Waals surface area (Å²) < 4.78 is 0. The highest BCUT2D eigenvalue weighted by Gasteiger charge is 2.53. The van der Waals surface area contributed by atoms with Crippen LogP contribution in [0.3, 0.4) is 0 Å². The third-order valence-electron chi connectivity index (χ3n) is 6.61. The molecule has 4 bridgehead atoms. The molecule has 0 heterocycles. The fraction of sp³-hybridized carbons (Fsp3) is 0.600. The molecule has 4 saturated carbocycles. The fourth-order valence-electron chi connectivity index (χ4n) is 5.86. The average Bonchev–Trinajstić information content (AvgIpc) is 2.54. The van der Waals surface area contributed by atoms with E-state index in [9.17, 15) is 4.79 Å². The molecule has 1 aromatic rings. The molecule has 1 amide bonds. The van der Waals surface area contributed by atoms with Crippen molar-refractivity contribution in [1.82, 2.24) is 10.6 Å². The van der Waals surface area contributed by atoms with Gasteiger partial charge in [0.1, 0.15) is 0 Å². The van der Waals surface area contributed by atoms with Gasteiger partial charge in [0.15, 0.2) is 5.11 Å². The Hall–Kier alpha value is -1.42. The van der Waals surface area contributed by atoms with Gasteiger partial charge in [-0.2, -0.15) is 0 Å². The minimum absolute atomic E-state index is 0.134. The molecule has 5 rings (SSSR count). The molecular weight excluding hydrogens is 316 g/mol. The summed E-state index contributed by atoms with van der Waals surface area (Å²) in [6.45, 7) is 2.26. The van der Waals surface area contributed by atoms with Crippen molar-refractivity contribution in [3.8, 4) is 0 Å². The minimum atomic E-state index is -0.134. The van der Waals surface area contributed by atoms with E-state index in [0.717, 1.165) is 17.8 Å². The van der Waals surface area contributed by atoms with Crippen LogP contribution < -0.4 is 10.6 Å². The first-order valence-corrected chi connectivity index (χ1v) is 9.62. The Bertz CT molecular complexity index is 607. The van der Waals surface area contributed by atoms with Crippen molar-refractivity contribution >= 4 is 23.2 Å². The summed E-state index contributed by atoms with van der Waals surface area (Å²) in [6, 6.07) is 9.57. The van der Waals surface area contributed by atoms with Crippen LogP contribution in [0.4, 0.5) is 0 Å². The van der Waals surface area contributed by atoms with Crippen LogP contribution in [0.25, 0.3) is 0 Å². The second-order valence-electron chi connectivity index (χ2n) is 8.30. The monoisotopic (exact) mass is 342 g/mol. The summed E-state index contributed by atoms with van der Waals surface area (Å²) in [5, 5.41) is 6.74. The van der Waals surface area contributed by atoms with Crippen LogP contribution in [0.15, 0.2) is 30.3 Å². The van der Waals surface area contributed by atoms with Gasteiger partial charge in [-0.1, -0.05) is 18.2 Å². The Morgan fingerprint density at radius 1 is 1.08 bits per heavy atom. The highest BCUT2D eigenvalue weighted by Crippen LogP contribution is 2.61. The molecule has 2 N–H and O–H groups in total. The van der Waals surface area contributed by atoms with Gasteiger partial charge in [0.25, 0.3) is 5.91 Å². The van der Waals surface area contributed by atoms with E-state index >= 15 is 0 Å². The van der Waals surface area contributed by atoms with Crippen LogP contribution in [0.1, 0.15) is 55.8 Å². The van der Waals surface area contributed by atoms with E-state index in [1.807, 2.05) is 18.2 Å². The van der Waals surface area contributed by atoms with E-state index in [4.69, 9.17) is 12.2 Å². The van der Waals surface area contributed by atoms with Gasteiger partial charge in [0, 0.05) is 11.6 Å². The van der Waals surface area contributed by atoms with Crippen LogP contribution in [-0.4, -0.2) is 17.1 Å². The third kappa shape index (κ3) is 2.97. The van der Waals surface area contributed by atoms with Crippen LogP contribution in [-0.2, 0) is 0 Å². The van der Waals surface area contributed by atoms with E-state index in [-0.39, 0.29) is 5.91 Å². The number of hydrogen-bond donors (Lipinski definition) is 2. The molecule has 0 saturated heterocycles. The smallest absolute Gasteiger partial charge is 0.257 e. The molecule has 0 unspecified atom stereocenters. The van der Waals surface area contributed by atoms with Gasteiger partial charge >= 0.3 is 0 Å². The Kier molecular flexibility index (Phi) is 4.11. The van der Waals surface area contributed by atoms with Crippen molar-refractivity contribution in [1.29, 1.82) is 0 Å². The Morgan fingerprint density at radius 3 is 2.17 bits per heavy atom. The topological polar surface area (TPSA) is 41.1 Å². The maximum atomic E-state index is 12.2. The largest absolute Gasteiger partial charge is 0.359 e. The lowest BCUT2D eigenvalue weighted by molar-refractivity contribution is -0.0672. The van der Waals surface area contributed by atoms with Crippen molar-refractivity contribution < 1.29 is 4.79 Å². The highest BCUT2D eigenvalue weighted by molar-refractivity contribution is 7.80. The van der Waals surface area contributed by atoms with Gasteiger partial charge in [-0.3, -0.25) is 10.1 Å². The van der Waals surface area contributed by atoms with Crippen LogP contribution in [0, 0.1) is 23.2 Å². The Balaban J connectivity index is 1.38. The van der Waals surface area contributed by atoms with Crippen molar-refractivity contribution in [2.75, 3.05) is 0 Å². The molecule has 4 heteroatoms. The van der Waals surface area contributed by atoms with E-state index in [0.29, 0.717) is 22.1 Å². The number of amides is 1. The van der Waals surface area contributed by atoms with E-state index in [1.165, 1.54) is 38.5 Å². The highest BCUT2D eigenvalue weighted by atomic mass is 32.1. The zero-order chi connectivity index (χ0) is 16.7. The summed E-state index contributed by atoms with van der Waals surface area (Å²) in [7, 11) is 0. The molecule has 24 heavy (non-hydrogen) atoms. The summed E-state index contributed by atoms with van der Waals surface area (Å²) in [6.07, 6.45) is 8.34. The van der Waals surface area contributed by atoms with Crippen molar-refractivity contribution in [3.63, 3.8) is 0 Å². The maximum Gasteiger partial charge on any atom is 0.257 e. The third-order valence-corrected chi connectivity index (χ3v) is 6.83. The normalized spacial score (nSPS) is 34.6. The van der Waals surface area contributed by atoms with E-state index in [2.05, 4.69) is 17.6 Å². The molecule has 128 valence electrons. The summed E-state index contributed by atoms with van der Waals surface area (Å²) >= 11 is 5.42. The van der Waals surface area contributed by atoms with Crippen molar-refractivity contribution in [2.24, 2.45) is 23.2 Å². The summed E-state index contributed by atoms with van der Waals surface area (Å²) in [5.41, 5.74) is 1.03. The van der Waals surface area contributed by atoms with E-state index in [1.54, 1.807) is 12.1 Å². The molecule has 0 radical (unpaired) electrons. The van der Waals surface area contributed by atoms with Crippen LogP contribution in [0.2, 0.25) is 0 Å². The SMILES string of the molecule is C[C@H](NC(=S)NC(=O)c1ccccc1)C12CC3CC(CC(C3)C1)C2. The molecule has 0 aromatic heterocycles. The molecule has 1 aromatic carbocycles. The second kappa shape index (κ2) is 6.14. The molecule has 3 nitrogen and oxygen atoms in total. The Morgan fingerprint density at radius 2 is 1.62 bits per heavy atom. The first kappa shape index (κ1) is 16.1. The predicted molar refractivity (Wildman–Crippen MR) is 99.7 cm³/mol. The minimum Gasteiger partial charge on any atom is -0.359 e. The summed E-state index contributed by atoms with van der Waals surface area (Å²) in [4.78, 5) is 12.2. The lowest BCUT2D eigenvalue weighted by Crippen LogP contribution is -2.57. The number of carbonyl (C=O) groups is 1. The average molecular weight is 343 g/mol. The number of benzene rings is 1. The zero-order valence-corrected chi connectivity index (χ0v) is 15.1. The zero-order valence-electron chi connectivity index (χ0n) is 14.3. The first-order valence-electron chi connectivity index (χ1n) is 9.21. The lowest BCUT2D eigenvalue weighted by atomic mass is 9.48. The molecule has 0 aliphatic heterocycles. The fourth-order valence-corrected chi connectivity index (χ4v) is 6.13. The number of rotatable bonds is 3. The molecule has 4 fully saturated rings. The Labute approximate surface area is 149 Å². The number of hydrogen-bond acceptors (Lipinski definition) is 2. The maximum absolute atomic E-state index is 12.2. The van der Waals surface area contributed by atoms with E-state index < -0.39 is 0 Å². The number of nitrogens with one attached hydrogen (secondary N) is 2. The molecule has 4 aliphatic carbocycles. The van der Waals surface area contributed by atoms with Crippen molar-refractivity contribution in [3.05, 3.63) is 35.9 Å². The van der Waals surface area contributed by atoms with Gasteiger partial charge in [0.05, 0.1) is 0 Å². The molecule has 0 spiro atoms.